The molecule has 0 unspecified atom stereocenters. The van der Waals surface area contributed by atoms with E-state index in [4.69, 9.17) is 14.2 Å². The topological polar surface area (TPSA) is 51.2 Å². The maximum absolute atomic E-state index is 10.3. The second kappa shape index (κ2) is 6.67. The van der Waals surface area contributed by atoms with Crippen molar-refractivity contribution in [2.45, 2.75) is 38.0 Å². The number of aliphatic hydroxyl groups excluding tert-OH is 1. The standard InChI is InChI=1S/C18H25NO4/c20-16-5-2-4-14(16)15-12-21-8-7-19(15)11-13-3-1-6-17-18(13)23-10-9-22-17/h1,3,6,14-16,20H,2,4-5,7-12H2/t14-,15-,16+/m0/s1. The Morgan fingerprint density at radius 2 is 2.04 bits per heavy atom. The Morgan fingerprint density at radius 3 is 2.91 bits per heavy atom. The number of aliphatic hydroxyl groups is 1. The van der Waals surface area contributed by atoms with Crippen LogP contribution >= 0.6 is 0 Å². The van der Waals surface area contributed by atoms with Crippen molar-refractivity contribution in [3.63, 3.8) is 0 Å². The molecule has 1 N–H and O–H groups in total. The molecule has 3 aliphatic rings. The van der Waals surface area contributed by atoms with Crippen LogP contribution in [0.4, 0.5) is 0 Å². The Morgan fingerprint density at radius 1 is 1.13 bits per heavy atom. The maximum atomic E-state index is 10.3. The summed E-state index contributed by atoms with van der Waals surface area (Å²) < 4.78 is 17.2. The van der Waals surface area contributed by atoms with Crippen LogP contribution in [-0.4, -0.2) is 55.1 Å². The van der Waals surface area contributed by atoms with Crippen LogP contribution in [0.3, 0.4) is 0 Å². The van der Waals surface area contributed by atoms with Gasteiger partial charge in [0.05, 0.1) is 19.3 Å². The molecule has 23 heavy (non-hydrogen) atoms. The van der Waals surface area contributed by atoms with E-state index in [1.807, 2.05) is 12.1 Å². The van der Waals surface area contributed by atoms with Gasteiger partial charge in [0.1, 0.15) is 13.2 Å². The Hall–Kier alpha value is -1.30. The highest BCUT2D eigenvalue weighted by atomic mass is 16.6. The molecule has 0 amide bonds. The van der Waals surface area contributed by atoms with Crippen molar-refractivity contribution in [2.24, 2.45) is 5.92 Å². The number of morpholine rings is 1. The van der Waals surface area contributed by atoms with Gasteiger partial charge in [0.25, 0.3) is 0 Å². The molecular weight excluding hydrogens is 294 g/mol. The molecule has 1 saturated carbocycles. The molecule has 0 radical (unpaired) electrons. The number of fused-ring (bicyclic) bond motifs is 1. The van der Waals surface area contributed by atoms with Crippen LogP contribution in [0.1, 0.15) is 24.8 Å². The molecule has 1 aromatic carbocycles. The number of rotatable bonds is 3. The Kier molecular flexibility index (Phi) is 4.42. The van der Waals surface area contributed by atoms with E-state index >= 15 is 0 Å². The van der Waals surface area contributed by atoms with E-state index in [0.29, 0.717) is 31.8 Å². The van der Waals surface area contributed by atoms with Gasteiger partial charge in [0.15, 0.2) is 11.5 Å². The fourth-order valence-electron chi connectivity index (χ4n) is 4.14. The molecule has 0 bridgehead atoms. The molecule has 1 aliphatic carbocycles. The van der Waals surface area contributed by atoms with E-state index in [1.54, 1.807) is 0 Å². The highest BCUT2D eigenvalue weighted by Crippen LogP contribution is 2.37. The van der Waals surface area contributed by atoms with E-state index in [9.17, 15) is 5.11 Å². The van der Waals surface area contributed by atoms with Gasteiger partial charge in [-0.05, 0) is 18.9 Å². The summed E-state index contributed by atoms with van der Waals surface area (Å²) >= 11 is 0. The number of para-hydroxylation sites is 1. The minimum atomic E-state index is -0.187. The summed E-state index contributed by atoms with van der Waals surface area (Å²) in [6.07, 6.45) is 2.95. The van der Waals surface area contributed by atoms with E-state index in [1.165, 1.54) is 5.56 Å². The third kappa shape index (κ3) is 3.05. The third-order valence-electron chi connectivity index (χ3n) is 5.33. The Balaban J connectivity index is 1.54. The summed E-state index contributed by atoms with van der Waals surface area (Å²) in [7, 11) is 0. The van der Waals surface area contributed by atoms with Crippen molar-refractivity contribution in [2.75, 3.05) is 33.0 Å². The van der Waals surface area contributed by atoms with Crippen molar-refractivity contribution < 1.29 is 19.3 Å². The number of nitrogens with zero attached hydrogens (tertiary/aromatic N) is 1. The summed E-state index contributed by atoms with van der Waals surface area (Å²) in [5, 5.41) is 10.3. The predicted octanol–water partition coefficient (Wildman–Crippen LogP) is 1.82. The first kappa shape index (κ1) is 15.2. The van der Waals surface area contributed by atoms with Crippen LogP contribution in [-0.2, 0) is 11.3 Å². The Labute approximate surface area is 137 Å². The van der Waals surface area contributed by atoms with Crippen LogP contribution in [0.2, 0.25) is 0 Å². The summed E-state index contributed by atoms with van der Waals surface area (Å²) in [5.41, 5.74) is 1.17. The molecular formula is C18H25NO4. The second-order valence-corrected chi connectivity index (χ2v) is 6.72. The first-order valence-corrected chi connectivity index (χ1v) is 8.70. The molecule has 2 heterocycles. The van der Waals surface area contributed by atoms with E-state index in [2.05, 4.69) is 11.0 Å². The zero-order chi connectivity index (χ0) is 15.6. The van der Waals surface area contributed by atoms with Crippen molar-refractivity contribution in [1.82, 2.24) is 4.90 Å². The third-order valence-corrected chi connectivity index (χ3v) is 5.33. The first-order chi connectivity index (χ1) is 11.3. The average Bonchev–Trinajstić information content (AvgIpc) is 3.02. The number of benzene rings is 1. The first-order valence-electron chi connectivity index (χ1n) is 8.70. The minimum Gasteiger partial charge on any atom is -0.486 e. The van der Waals surface area contributed by atoms with Crippen molar-refractivity contribution in [3.8, 4) is 11.5 Å². The van der Waals surface area contributed by atoms with Gasteiger partial charge >= 0.3 is 0 Å². The van der Waals surface area contributed by atoms with Crippen molar-refractivity contribution >= 4 is 0 Å². The molecule has 4 rings (SSSR count). The summed E-state index contributed by atoms with van der Waals surface area (Å²) in [4.78, 5) is 2.45. The van der Waals surface area contributed by atoms with Gasteiger partial charge < -0.3 is 19.3 Å². The van der Waals surface area contributed by atoms with Crippen molar-refractivity contribution in [1.29, 1.82) is 0 Å². The monoisotopic (exact) mass is 319 g/mol. The smallest absolute Gasteiger partial charge is 0.165 e. The lowest BCUT2D eigenvalue weighted by molar-refractivity contribution is -0.0539. The van der Waals surface area contributed by atoms with Crippen LogP contribution in [0.15, 0.2) is 18.2 Å². The number of hydrogen-bond acceptors (Lipinski definition) is 5. The van der Waals surface area contributed by atoms with Gasteiger partial charge in [-0.3, -0.25) is 4.90 Å². The van der Waals surface area contributed by atoms with Crippen LogP contribution in [0, 0.1) is 5.92 Å². The predicted molar refractivity (Wildman–Crippen MR) is 85.8 cm³/mol. The van der Waals surface area contributed by atoms with Crippen LogP contribution in [0.5, 0.6) is 11.5 Å². The van der Waals surface area contributed by atoms with E-state index in [0.717, 1.165) is 50.5 Å². The number of hydrogen-bond donors (Lipinski definition) is 1. The molecule has 1 saturated heterocycles. The maximum Gasteiger partial charge on any atom is 0.165 e. The lowest BCUT2D eigenvalue weighted by atomic mass is 9.94. The van der Waals surface area contributed by atoms with Gasteiger partial charge in [-0.25, -0.2) is 0 Å². The quantitative estimate of drug-likeness (QED) is 0.921. The molecule has 1 aromatic rings. The summed E-state index contributed by atoms with van der Waals surface area (Å²) in [6, 6.07) is 6.41. The van der Waals surface area contributed by atoms with Gasteiger partial charge in [0, 0.05) is 30.6 Å². The molecule has 0 spiro atoms. The van der Waals surface area contributed by atoms with Gasteiger partial charge in [-0.1, -0.05) is 18.6 Å². The zero-order valence-corrected chi connectivity index (χ0v) is 13.4. The van der Waals surface area contributed by atoms with Crippen molar-refractivity contribution in [3.05, 3.63) is 23.8 Å². The SMILES string of the molecule is O[C@@H]1CCC[C@H]1[C@@H]1COCCN1Cc1cccc2c1OCCO2. The molecule has 2 fully saturated rings. The number of ether oxygens (including phenoxy) is 3. The fourth-order valence-corrected chi connectivity index (χ4v) is 4.14. The Bertz CT molecular complexity index is 550. The van der Waals surface area contributed by atoms with Gasteiger partial charge in [-0.15, -0.1) is 0 Å². The largest absolute Gasteiger partial charge is 0.486 e. The molecule has 126 valence electrons. The zero-order valence-electron chi connectivity index (χ0n) is 13.4. The van der Waals surface area contributed by atoms with Crippen LogP contribution in [0.25, 0.3) is 0 Å². The molecule has 5 nitrogen and oxygen atoms in total. The second-order valence-electron chi connectivity index (χ2n) is 6.72. The summed E-state index contributed by atoms with van der Waals surface area (Å²) in [5.74, 6) is 2.06. The minimum absolute atomic E-state index is 0.187. The molecule has 0 aromatic heterocycles. The van der Waals surface area contributed by atoms with Gasteiger partial charge in [-0.2, -0.15) is 0 Å². The van der Waals surface area contributed by atoms with Gasteiger partial charge in [0.2, 0.25) is 0 Å². The van der Waals surface area contributed by atoms with E-state index in [-0.39, 0.29) is 6.10 Å². The molecule has 5 heteroatoms. The fraction of sp³-hybridized carbons (Fsp3) is 0.667. The lowest BCUT2D eigenvalue weighted by Gasteiger charge is -2.40. The normalized spacial score (nSPS) is 31.3. The van der Waals surface area contributed by atoms with E-state index < -0.39 is 0 Å². The average molecular weight is 319 g/mol. The highest BCUT2D eigenvalue weighted by molar-refractivity contribution is 5.47. The lowest BCUT2D eigenvalue weighted by Crippen LogP contribution is -2.50. The van der Waals surface area contributed by atoms with Crippen LogP contribution < -0.4 is 9.47 Å². The molecule has 3 atom stereocenters. The summed E-state index contributed by atoms with van der Waals surface area (Å²) in [6.45, 7) is 4.42. The highest BCUT2D eigenvalue weighted by Gasteiger charge is 2.37. The molecule has 2 aliphatic heterocycles.